The molecule has 0 radical (unpaired) electrons. The minimum Gasteiger partial charge on any atom is -0.275 e. The first-order valence-corrected chi connectivity index (χ1v) is 5.40. The number of nitrogens with zero attached hydrogens (tertiary/aromatic N) is 4. The third-order valence-corrected chi connectivity index (χ3v) is 3.35. The van der Waals surface area contributed by atoms with Gasteiger partial charge in [0.1, 0.15) is 0 Å². The molecule has 1 fully saturated rings. The van der Waals surface area contributed by atoms with E-state index >= 15 is 0 Å². The molecule has 0 aliphatic heterocycles. The Kier molecular flexibility index (Phi) is 4.15. The van der Waals surface area contributed by atoms with Crippen molar-refractivity contribution in [3.8, 4) is 0 Å². The fourth-order valence-corrected chi connectivity index (χ4v) is 2.11. The standard InChI is InChI=1S/C10H18N4O2/c1-10(9(15)14(2)16-3)6-4-8(5-7-10)12-13-11/h8H,4-7H2,1-3H3. The van der Waals surface area contributed by atoms with E-state index in [1.54, 1.807) is 7.05 Å². The Morgan fingerprint density at radius 2 is 2.12 bits per heavy atom. The van der Waals surface area contributed by atoms with Crippen LogP contribution in [0.2, 0.25) is 0 Å². The maximum absolute atomic E-state index is 12.0. The summed E-state index contributed by atoms with van der Waals surface area (Å²) in [7, 11) is 3.10. The summed E-state index contributed by atoms with van der Waals surface area (Å²) in [4.78, 5) is 19.7. The molecule has 0 spiro atoms. The van der Waals surface area contributed by atoms with Crippen LogP contribution in [0.15, 0.2) is 5.11 Å². The van der Waals surface area contributed by atoms with E-state index in [1.807, 2.05) is 6.92 Å². The summed E-state index contributed by atoms with van der Waals surface area (Å²) >= 11 is 0. The third-order valence-electron chi connectivity index (χ3n) is 3.35. The Balaban J connectivity index is 2.62. The molecule has 0 N–H and O–H groups in total. The van der Waals surface area contributed by atoms with Gasteiger partial charge in [-0.25, -0.2) is 5.06 Å². The van der Waals surface area contributed by atoms with Crippen molar-refractivity contribution < 1.29 is 9.63 Å². The normalized spacial score (nSPS) is 29.3. The van der Waals surface area contributed by atoms with Gasteiger partial charge < -0.3 is 0 Å². The van der Waals surface area contributed by atoms with Crippen molar-refractivity contribution in [2.24, 2.45) is 10.5 Å². The van der Waals surface area contributed by atoms with Gasteiger partial charge in [0.25, 0.3) is 5.91 Å². The van der Waals surface area contributed by atoms with Crippen molar-refractivity contribution in [2.45, 2.75) is 38.6 Å². The first-order valence-electron chi connectivity index (χ1n) is 5.40. The van der Waals surface area contributed by atoms with Gasteiger partial charge in [-0.05, 0) is 31.2 Å². The minimum absolute atomic E-state index is 0.00520. The summed E-state index contributed by atoms with van der Waals surface area (Å²) in [5, 5.41) is 4.97. The Morgan fingerprint density at radius 1 is 1.56 bits per heavy atom. The second-order valence-corrected chi connectivity index (χ2v) is 4.48. The van der Waals surface area contributed by atoms with Crippen LogP contribution >= 0.6 is 0 Å². The SMILES string of the molecule is CON(C)C(=O)C1(C)CCC(N=[N+]=[N-])CC1. The number of hydrogen-bond acceptors (Lipinski definition) is 3. The summed E-state index contributed by atoms with van der Waals surface area (Å²) < 4.78 is 0. The number of azide groups is 1. The highest BCUT2D eigenvalue weighted by atomic mass is 16.7. The van der Waals surface area contributed by atoms with Crippen molar-refractivity contribution in [3.05, 3.63) is 10.4 Å². The molecule has 1 aliphatic carbocycles. The molecule has 16 heavy (non-hydrogen) atoms. The van der Waals surface area contributed by atoms with Gasteiger partial charge in [-0.15, -0.1) is 0 Å². The molecular weight excluding hydrogens is 208 g/mol. The number of hydroxylamine groups is 2. The molecule has 6 nitrogen and oxygen atoms in total. The molecule has 0 saturated heterocycles. The molecule has 0 bridgehead atoms. The lowest BCUT2D eigenvalue weighted by Gasteiger charge is -2.36. The Labute approximate surface area is 95.1 Å². The third kappa shape index (κ3) is 2.65. The number of rotatable bonds is 3. The van der Waals surface area contributed by atoms with E-state index in [1.165, 1.54) is 12.2 Å². The van der Waals surface area contributed by atoms with Crippen molar-refractivity contribution in [2.75, 3.05) is 14.2 Å². The van der Waals surface area contributed by atoms with Crippen LogP contribution < -0.4 is 0 Å². The van der Waals surface area contributed by atoms with Crippen LogP contribution in [-0.4, -0.2) is 31.2 Å². The van der Waals surface area contributed by atoms with Crippen LogP contribution in [0.25, 0.3) is 10.4 Å². The quantitative estimate of drug-likeness (QED) is 0.320. The van der Waals surface area contributed by atoms with Gasteiger partial charge in [0.05, 0.1) is 7.11 Å². The molecule has 1 saturated carbocycles. The Bertz CT molecular complexity index is 304. The second-order valence-electron chi connectivity index (χ2n) is 4.48. The lowest BCUT2D eigenvalue weighted by atomic mass is 9.73. The van der Waals surface area contributed by atoms with Gasteiger partial charge in [-0.3, -0.25) is 9.63 Å². The summed E-state index contributed by atoms with van der Waals surface area (Å²) in [5.41, 5.74) is 7.96. The average molecular weight is 226 g/mol. The highest BCUT2D eigenvalue weighted by molar-refractivity contribution is 5.81. The molecule has 0 heterocycles. The van der Waals surface area contributed by atoms with Gasteiger partial charge in [-0.2, -0.15) is 0 Å². The predicted octanol–water partition coefficient (Wildman–Crippen LogP) is 2.27. The number of hydrogen-bond donors (Lipinski definition) is 0. The second kappa shape index (κ2) is 5.18. The largest absolute Gasteiger partial charge is 0.275 e. The topological polar surface area (TPSA) is 78.3 Å². The van der Waals surface area contributed by atoms with Gasteiger partial charge in [0, 0.05) is 23.4 Å². The summed E-state index contributed by atoms with van der Waals surface area (Å²) in [6, 6.07) is 0.0405. The lowest BCUT2D eigenvalue weighted by Crippen LogP contribution is -2.42. The van der Waals surface area contributed by atoms with E-state index < -0.39 is 0 Å². The Hall–Kier alpha value is -1.26. The maximum Gasteiger partial charge on any atom is 0.251 e. The number of amides is 1. The fourth-order valence-electron chi connectivity index (χ4n) is 2.11. The molecule has 1 amide bonds. The number of carbonyl (C=O) groups excluding carboxylic acids is 1. The molecule has 6 heteroatoms. The zero-order valence-electron chi connectivity index (χ0n) is 10.0. The lowest BCUT2D eigenvalue weighted by molar-refractivity contribution is -0.181. The van der Waals surface area contributed by atoms with Crippen LogP contribution in [0.3, 0.4) is 0 Å². The molecule has 0 atom stereocenters. The molecule has 1 aliphatic rings. The van der Waals surface area contributed by atoms with Crippen LogP contribution in [0.1, 0.15) is 32.6 Å². The highest BCUT2D eigenvalue weighted by Gasteiger charge is 2.39. The van der Waals surface area contributed by atoms with Crippen LogP contribution in [0, 0.1) is 5.41 Å². The molecule has 90 valence electrons. The number of carbonyl (C=O) groups is 1. The van der Waals surface area contributed by atoms with Crippen molar-refractivity contribution >= 4 is 5.91 Å². The van der Waals surface area contributed by atoms with Crippen molar-refractivity contribution in [1.29, 1.82) is 0 Å². The van der Waals surface area contributed by atoms with Gasteiger partial charge in [-0.1, -0.05) is 12.0 Å². The molecule has 1 rings (SSSR count). The maximum atomic E-state index is 12.0. The van der Waals surface area contributed by atoms with Gasteiger partial charge >= 0.3 is 0 Å². The minimum atomic E-state index is -0.383. The first-order chi connectivity index (χ1) is 7.53. The smallest absolute Gasteiger partial charge is 0.251 e. The fraction of sp³-hybridized carbons (Fsp3) is 0.900. The van der Waals surface area contributed by atoms with Crippen molar-refractivity contribution in [3.63, 3.8) is 0 Å². The van der Waals surface area contributed by atoms with E-state index in [2.05, 4.69) is 10.0 Å². The Morgan fingerprint density at radius 3 is 2.56 bits per heavy atom. The van der Waals surface area contributed by atoms with E-state index in [-0.39, 0.29) is 17.4 Å². The average Bonchev–Trinajstić information content (AvgIpc) is 2.30. The molecule has 0 aromatic rings. The van der Waals surface area contributed by atoms with Crippen LogP contribution in [0.4, 0.5) is 0 Å². The predicted molar refractivity (Wildman–Crippen MR) is 59.3 cm³/mol. The summed E-state index contributed by atoms with van der Waals surface area (Å²) in [6.45, 7) is 1.94. The molecule has 0 aromatic carbocycles. The van der Waals surface area contributed by atoms with Crippen LogP contribution in [-0.2, 0) is 9.63 Å². The van der Waals surface area contributed by atoms with E-state index in [9.17, 15) is 4.79 Å². The van der Waals surface area contributed by atoms with Gasteiger partial charge in [0.2, 0.25) is 0 Å². The molecule has 0 aromatic heterocycles. The molecular formula is C10H18N4O2. The van der Waals surface area contributed by atoms with E-state index in [4.69, 9.17) is 10.4 Å². The zero-order valence-corrected chi connectivity index (χ0v) is 10.0. The van der Waals surface area contributed by atoms with Gasteiger partial charge in [0.15, 0.2) is 0 Å². The first kappa shape index (κ1) is 12.8. The van der Waals surface area contributed by atoms with E-state index in [0.717, 1.165) is 25.7 Å². The van der Waals surface area contributed by atoms with Crippen LogP contribution in [0.5, 0.6) is 0 Å². The van der Waals surface area contributed by atoms with Crippen molar-refractivity contribution in [1.82, 2.24) is 5.06 Å². The zero-order chi connectivity index (χ0) is 12.2. The highest BCUT2D eigenvalue weighted by Crippen LogP contribution is 2.38. The molecule has 0 unspecified atom stereocenters. The summed E-state index contributed by atoms with van der Waals surface area (Å²) in [5.74, 6) is -0.00520. The summed E-state index contributed by atoms with van der Waals surface area (Å²) in [6.07, 6.45) is 3.01. The monoisotopic (exact) mass is 226 g/mol. The van der Waals surface area contributed by atoms with E-state index in [0.29, 0.717) is 0 Å².